The van der Waals surface area contributed by atoms with E-state index in [2.05, 4.69) is 58.8 Å². The summed E-state index contributed by atoms with van der Waals surface area (Å²) >= 11 is 0. The lowest BCUT2D eigenvalue weighted by molar-refractivity contribution is 0.0593. The molecule has 11 heteroatoms. The second-order valence-electron chi connectivity index (χ2n) is 11.7. The molecule has 0 bridgehead atoms. The van der Waals surface area contributed by atoms with Crippen molar-refractivity contribution in [3.05, 3.63) is 76.5 Å². The molecule has 0 amide bonds. The Morgan fingerprint density at radius 3 is 2.49 bits per heavy atom. The van der Waals surface area contributed by atoms with E-state index in [1.165, 1.54) is 29.2 Å². The Labute approximate surface area is 235 Å². The molecule has 2 aromatic heterocycles. The van der Waals surface area contributed by atoms with E-state index in [0.29, 0.717) is 69.6 Å². The summed E-state index contributed by atoms with van der Waals surface area (Å²) in [5.41, 5.74) is 2.30. The molecule has 1 saturated carbocycles. The van der Waals surface area contributed by atoms with Gasteiger partial charge in [-0.1, -0.05) is 32.1 Å². The van der Waals surface area contributed by atoms with Gasteiger partial charge in [0.1, 0.15) is 23.1 Å². The van der Waals surface area contributed by atoms with Gasteiger partial charge < -0.3 is 10.6 Å². The van der Waals surface area contributed by atoms with Gasteiger partial charge in [-0.2, -0.15) is 10.5 Å². The van der Waals surface area contributed by atoms with Gasteiger partial charge in [0.2, 0.25) is 0 Å². The first-order valence-electron chi connectivity index (χ1n) is 13.2. The summed E-state index contributed by atoms with van der Waals surface area (Å²) in [6.07, 6.45) is 0.966. The molecule has 1 aliphatic rings. The summed E-state index contributed by atoms with van der Waals surface area (Å²) in [6, 6.07) is 11.2. The van der Waals surface area contributed by atoms with Crippen molar-refractivity contribution in [2.75, 3.05) is 17.2 Å². The third-order valence-electron chi connectivity index (χ3n) is 7.29. The molecule has 5 rings (SSSR count). The molecule has 0 unspecified atom stereocenters. The van der Waals surface area contributed by atoms with Crippen LogP contribution >= 0.6 is 0 Å². The fourth-order valence-corrected chi connectivity index (χ4v) is 4.84. The molecule has 2 heterocycles. The highest BCUT2D eigenvalue weighted by atomic mass is 19.3. The number of hydrogen-bond donors (Lipinski definition) is 2. The number of benzene rings is 2. The van der Waals surface area contributed by atoms with E-state index >= 15 is 0 Å². The molecule has 2 aromatic carbocycles. The number of halogens is 3. The Bertz CT molecular complexity index is 1700. The quantitative estimate of drug-likeness (QED) is 0.256. The van der Waals surface area contributed by atoms with Crippen LogP contribution in [0.5, 0.6) is 0 Å². The molecule has 2 N–H and O–H groups in total. The molecule has 8 nitrogen and oxygen atoms in total. The highest BCUT2D eigenvalue weighted by Gasteiger charge is 2.54. The number of aromatic nitrogens is 4. The number of alkyl halides is 2. The van der Waals surface area contributed by atoms with Crippen LogP contribution in [-0.4, -0.2) is 32.9 Å². The Balaban J connectivity index is 1.66. The summed E-state index contributed by atoms with van der Waals surface area (Å²) in [5, 5.41) is 35.3. The first-order valence-corrected chi connectivity index (χ1v) is 13.2. The van der Waals surface area contributed by atoms with Crippen molar-refractivity contribution < 1.29 is 13.2 Å². The van der Waals surface area contributed by atoms with Crippen LogP contribution in [0.2, 0.25) is 0 Å². The SMILES string of the molecule is Cc1cc(F)ccc1[C@H](Nc1cc(C#N)cc2c(NCC(C)(C)C)c(C#N)cnc12)c1cn(C2(C(F)F)CC2)nn1. The van der Waals surface area contributed by atoms with Gasteiger partial charge in [-0.15, -0.1) is 5.10 Å². The van der Waals surface area contributed by atoms with E-state index in [0.717, 1.165) is 0 Å². The molecule has 0 saturated heterocycles. The van der Waals surface area contributed by atoms with Crippen LogP contribution in [0.3, 0.4) is 0 Å². The number of fused-ring (bicyclic) bond motifs is 1. The molecule has 1 fully saturated rings. The second kappa shape index (κ2) is 10.4. The van der Waals surface area contributed by atoms with Crippen molar-refractivity contribution in [2.45, 2.75) is 58.5 Å². The van der Waals surface area contributed by atoms with Crippen LogP contribution in [0.25, 0.3) is 10.9 Å². The maximum absolute atomic E-state index is 14.1. The first-order chi connectivity index (χ1) is 19.5. The minimum Gasteiger partial charge on any atom is -0.383 e. The third kappa shape index (κ3) is 5.40. The number of rotatable bonds is 8. The number of pyridine rings is 1. The van der Waals surface area contributed by atoms with Crippen LogP contribution in [0.1, 0.15) is 67.6 Å². The Morgan fingerprint density at radius 2 is 1.88 bits per heavy atom. The fraction of sp³-hybridized carbons (Fsp3) is 0.367. The fourth-order valence-electron chi connectivity index (χ4n) is 4.84. The molecule has 0 spiro atoms. The highest BCUT2D eigenvalue weighted by molar-refractivity contribution is 6.01. The summed E-state index contributed by atoms with van der Waals surface area (Å²) in [6.45, 7) is 8.49. The van der Waals surface area contributed by atoms with Gasteiger partial charge in [0.25, 0.3) is 6.43 Å². The normalized spacial score (nSPS) is 14.9. The highest BCUT2D eigenvalue weighted by Crippen LogP contribution is 2.48. The second-order valence-corrected chi connectivity index (χ2v) is 11.7. The van der Waals surface area contributed by atoms with Gasteiger partial charge in [-0.3, -0.25) is 4.98 Å². The Hall–Kier alpha value is -4.64. The van der Waals surface area contributed by atoms with Gasteiger partial charge in [0.15, 0.2) is 0 Å². The van der Waals surface area contributed by atoms with Crippen molar-refractivity contribution in [3.8, 4) is 12.1 Å². The Morgan fingerprint density at radius 1 is 1.12 bits per heavy atom. The van der Waals surface area contributed by atoms with E-state index < -0.39 is 23.8 Å². The van der Waals surface area contributed by atoms with Crippen molar-refractivity contribution in [3.63, 3.8) is 0 Å². The van der Waals surface area contributed by atoms with Crippen LogP contribution < -0.4 is 10.6 Å². The predicted molar refractivity (Wildman–Crippen MR) is 149 cm³/mol. The van der Waals surface area contributed by atoms with Gasteiger partial charge in [0, 0.05) is 18.1 Å². The Kier molecular flexibility index (Phi) is 7.08. The maximum atomic E-state index is 14.1. The molecular formula is C30H29F3N8. The van der Waals surface area contributed by atoms with Gasteiger partial charge in [-0.05, 0) is 60.6 Å². The summed E-state index contributed by atoms with van der Waals surface area (Å²) < 4.78 is 42.9. The molecule has 1 atom stereocenters. The average molecular weight is 559 g/mol. The smallest absolute Gasteiger partial charge is 0.263 e. The molecular weight excluding hydrogens is 529 g/mol. The minimum atomic E-state index is -2.59. The van der Waals surface area contributed by atoms with Gasteiger partial charge in [-0.25, -0.2) is 17.9 Å². The van der Waals surface area contributed by atoms with Crippen LogP contribution in [-0.2, 0) is 5.54 Å². The number of anilines is 2. The monoisotopic (exact) mass is 558 g/mol. The van der Waals surface area contributed by atoms with Gasteiger partial charge >= 0.3 is 0 Å². The lowest BCUT2D eigenvalue weighted by Gasteiger charge is -2.23. The van der Waals surface area contributed by atoms with Crippen LogP contribution in [0.15, 0.2) is 42.7 Å². The van der Waals surface area contributed by atoms with Crippen LogP contribution in [0.4, 0.5) is 24.5 Å². The molecule has 0 aliphatic heterocycles. The number of hydrogen-bond acceptors (Lipinski definition) is 7. The van der Waals surface area contributed by atoms with E-state index in [1.807, 2.05) is 0 Å². The topological polar surface area (TPSA) is 115 Å². The molecule has 4 aromatic rings. The lowest BCUT2D eigenvalue weighted by atomic mass is 9.96. The van der Waals surface area contributed by atoms with E-state index in [1.54, 1.807) is 25.1 Å². The number of nitriles is 2. The molecule has 0 radical (unpaired) electrons. The van der Waals surface area contributed by atoms with E-state index in [-0.39, 0.29) is 5.41 Å². The van der Waals surface area contributed by atoms with Crippen molar-refractivity contribution in [1.82, 2.24) is 20.0 Å². The average Bonchev–Trinajstić information content (AvgIpc) is 3.60. The molecule has 210 valence electrons. The first kappa shape index (κ1) is 27.9. The van der Waals surface area contributed by atoms with Gasteiger partial charge in [0.05, 0.1) is 46.3 Å². The minimum absolute atomic E-state index is 0.0928. The summed E-state index contributed by atoms with van der Waals surface area (Å²) in [4.78, 5) is 4.55. The zero-order chi connectivity index (χ0) is 29.5. The zero-order valence-corrected chi connectivity index (χ0v) is 23.1. The summed E-state index contributed by atoms with van der Waals surface area (Å²) in [5.74, 6) is -0.416. The lowest BCUT2D eigenvalue weighted by Crippen LogP contribution is -2.26. The van der Waals surface area contributed by atoms with Crippen molar-refractivity contribution in [2.24, 2.45) is 5.41 Å². The van der Waals surface area contributed by atoms with Crippen molar-refractivity contribution >= 4 is 22.3 Å². The zero-order valence-electron chi connectivity index (χ0n) is 23.1. The van der Waals surface area contributed by atoms with E-state index in [4.69, 9.17) is 0 Å². The standard InChI is InChI=1S/C30H29F3N8/c1-17-9-20(31)5-6-21(17)27(24-15-41(40-39-24)30(7-8-30)28(32)33)38-23-11-18(12-34)10-22-25(37-16-29(2,3)4)19(13-35)14-36-26(22)23/h5-6,9-11,14-15,27-28,38H,7-8,16H2,1-4H3,(H,36,37)/t27-/m0/s1. The predicted octanol–water partition coefficient (Wildman–Crippen LogP) is 6.43. The van der Waals surface area contributed by atoms with Crippen LogP contribution in [0, 0.1) is 40.8 Å². The summed E-state index contributed by atoms with van der Waals surface area (Å²) in [7, 11) is 0. The number of nitrogens with one attached hydrogen (secondary N) is 2. The number of nitrogens with zero attached hydrogens (tertiary/aromatic N) is 6. The number of aryl methyl sites for hydroxylation is 1. The van der Waals surface area contributed by atoms with Crippen molar-refractivity contribution in [1.29, 1.82) is 10.5 Å². The van der Waals surface area contributed by atoms with E-state index in [9.17, 15) is 23.7 Å². The molecule has 41 heavy (non-hydrogen) atoms. The maximum Gasteiger partial charge on any atom is 0.263 e. The molecule has 1 aliphatic carbocycles. The third-order valence-corrected chi connectivity index (χ3v) is 7.29. The largest absolute Gasteiger partial charge is 0.383 e.